The molecule has 1 rings (SSSR count). The van der Waals surface area contributed by atoms with Gasteiger partial charge in [-0.05, 0) is 25.1 Å². The number of benzene rings is 1. The van der Waals surface area contributed by atoms with Crippen molar-refractivity contribution in [2.45, 2.75) is 24.8 Å². The summed E-state index contributed by atoms with van der Waals surface area (Å²) in [5, 5.41) is 11.7. The van der Waals surface area contributed by atoms with Crippen LogP contribution in [0.2, 0.25) is 0 Å². The van der Waals surface area contributed by atoms with Crippen LogP contribution >= 0.6 is 27.7 Å². The van der Waals surface area contributed by atoms with Gasteiger partial charge in [-0.2, -0.15) is 0 Å². The fraction of sp³-hybridized carbons (Fsp3) is 0.467. The zero-order chi connectivity index (χ0) is 16.5. The Hall–Kier alpha value is -1.05. The van der Waals surface area contributed by atoms with Crippen LogP contribution in [0.5, 0.6) is 0 Å². The second kappa shape index (κ2) is 9.86. The van der Waals surface area contributed by atoms with Crippen LogP contribution in [0.4, 0.5) is 0 Å². The van der Waals surface area contributed by atoms with E-state index in [4.69, 9.17) is 5.11 Å². The summed E-state index contributed by atoms with van der Waals surface area (Å²) < 4.78 is 0.968. The third-order valence-electron chi connectivity index (χ3n) is 2.95. The van der Waals surface area contributed by atoms with E-state index in [0.29, 0.717) is 12.3 Å². The predicted molar refractivity (Wildman–Crippen MR) is 91.8 cm³/mol. The fourth-order valence-corrected chi connectivity index (χ4v) is 3.44. The standard InChI is InChI=1S/C15H21BrN2O3S/c1-3-18(7-8-19)15(21)14(17-11(2)20)10-22-13-6-4-5-12(16)9-13/h4-6,9,14,19H,3,7-8,10H2,1-2H3,(H,17,20). The Bertz CT molecular complexity index is 513. The Balaban J connectivity index is 2.75. The van der Waals surface area contributed by atoms with Crippen LogP contribution < -0.4 is 5.32 Å². The third-order valence-corrected chi connectivity index (χ3v) is 4.53. The molecule has 0 bridgehead atoms. The highest BCUT2D eigenvalue weighted by molar-refractivity contribution is 9.10. The van der Waals surface area contributed by atoms with Crippen molar-refractivity contribution in [2.24, 2.45) is 0 Å². The summed E-state index contributed by atoms with van der Waals surface area (Å²) in [6.45, 7) is 3.92. The Kier molecular flexibility index (Phi) is 8.52. The zero-order valence-corrected chi connectivity index (χ0v) is 15.1. The second-order valence-electron chi connectivity index (χ2n) is 4.66. The number of hydrogen-bond acceptors (Lipinski definition) is 4. The van der Waals surface area contributed by atoms with Gasteiger partial charge in [0.15, 0.2) is 0 Å². The Labute approximate surface area is 143 Å². The van der Waals surface area contributed by atoms with Gasteiger partial charge in [0.2, 0.25) is 11.8 Å². The molecule has 0 aliphatic carbocycles. The molecular weight excluding hydrogens is 368 g/mol. The van der Waals surface area contributed by atoms with Crippen LogP contribution in [0.3, 0.4) is 0 Å². The molecule has 5 nitrogen and oxygen atoms in total. The maximum absolute atomic E-state index is 12.5. The maximum atomic E-state index is 12.5. The molecule has 122 valence electrons. The molecule has 0 spiro atoms. The van der Waals surface area contributed by atoms with Crippen molar-refractivity contribution in [3.63, 3.8) is 0 Å². The molecule has 2 amide bonds. The fourth-order valence-electron chi connectivity index (χ4n) is 1.92. The van der Waals surface area contributed by atoms with Gasteiger partial charge in [0, 0.05) is 35.1 Å². The number of nitrogens with zero attached hydrogens (tertiary/aromatic N) is 1. The van der Waals surface area contributed by atoms with Gasteiger partial charge >= 0.3 is 0 Å². The van der Waals surface area contributed by atoms with Gasteiger partial charge < -0.3 is 15.3 Å². The molecule has 0 radical (unpaired) electrons. The highest BCUT2D eigenvalue weighted by Gasteiger charge is 2.24. The molecule has 0 aromatic heterocycles. The number of rotatable bonds is 8. The van der Waals surface area contributed by atoms with Crippen LogP contribution in [0.25, 0.3) is 0 Å². The highest BCUT2D eigenvalue weighted by Crippen LogP contribution is 2.23. The minimum absolute atomic E-state index is 0.0921. The first kappa shape index (κ1) is 19.0. The van der Waals surface area contributed by atoms with E-state index in [1.165, 1.54) is 18.7 Å². The van der Waals surface area contributed by atoms with Crippen molar-refractivity contribution in [3.05, 3.63) is 28.7 Å². The number of carbonyl (C=O) groups is 2. The topological polar surface area (TPSA) is 69.6 Å². The highest BCUT2D eigenvalue weighted by atomic mass is 79.9. The predicted octanol–water partition coefficient (Wildman–Crippen LogP) is 1.89. The summed E-state index contributed by atoms with van der Waals surface area (Å²) in [6.07, 6.45) is 0. The van der Waals surface area contributed by atoms with Crippen molar-refractivity contribution in [1.29, 1.82) is 0 Å². The van der Waals surface area contributed by atoms with Gasteiger partial charge in [-0.1, -0.05) is 22.0 Å². The molecule has 2 N–H and O–H groups in total. The van der Waals surface area contributed by atoms with Crippen LogP contribution in [-0.4, -0.2) is 53.3 Å². The summed E-state index contributed by atoms with van der Waals surface area (Å²) in [6, 6.07) is 7.17. The summed E-state index contributed by atoms with van der Waals surface area (Å²) in [4.78, 5) is 26.4. The molecule has 0 heterocycles. The minimum atomic E-state index is -0.604. The van der Waals surface area contributed by atoms with E-state index in [2.05, 4.69) is 21.2 Å². The van der Waals surface area contributed by atoms with E-state index in [9.17, 15) is 9.59 Å². The lowest BCUT2D eigenvalue weighted by molar-refractivity contribution is -0.135. The summed E-state index contributed by atoms with van der Waals surface area (Å²) >= 11 is 4.91. The summed E-state index contributed by atoms with van der Waals surface area (Å²) in [5.74, 6) is 0.0269. The van der Waals surface area contributed by atoms with Crippen LogP contribution in [0, 0.1) is 0 Å². The largest absolute Gasteiger partial charge is 0.395 e. The van der Waals surface area contributed by atoms with E-state index < -0.39 is 6.04 Å². The first-order valence-corrected chi connectivity index (χ1v) is 8.80. The van der Waals surface area contributed by atoms with Crippen molar-refractivity contribution in [3.8, 4) is 0 Å². The molecule has 0 saturated carbocycles. The number of aliphatic hydroxyl groups excluding tert-OH is 1. The number of carbonyl (C=O) groups excluding carboxylic acids is 2. The quantitative estimate of drug-likeness (QED) is 0.667. The monoisotopic (exact) mass is 388 g/mol. The summed E-state index contributed by atoms with van der Waals surface area (Å²) in [5.41, 5.74) is 0. The van der Waals surface area contributed by atoms with Crippen LogP contribution in [0.1, 0.15) is 13.8 Å². The van der Waals surface area contributed by atoms with Crippen molar-refractivity contribution in [2.75, 3.05) is 25.4 Å². The molecule has 1 aromatic rings. The SMILES string of the molecule is CCN(CCO)C(=O)C(CSc1cccc(Br)c1)NC(C)=O. The summed E-state index contributed by atoms with van der Waals surface area (Å²) in [7, 11) is 0. The average Bonchev–Trinajstić information content (AvgIpc) is 2.48. The van der Waals surface area contributed by atoms with Gasteiger partial charge in [0.05, 0.1) is 6.61 Å². The smallest absolute Gasteiger partial charge is 0.246 e. The number of halogens is 1. The van der Waals surface area contributed by atoms with Gasteiger partial charge in [0.25, 0.3) is 0 Å². The Morgan fingerprint density at radius 1 is 1.45 bits per heavy atom. The molecule has 1 aromatic carbocycles. The zero-order valence-electron chi connectivity index (χ0n) is 12.7. The molecule has 0 aliphatic rings. The number of aliphatic hydroxyl groups is 1. The van der Waals surface area contributed by atoms with Crippen molar-refractivity contribution in [1.82, 2.24) is 10.2 Å². The van der Waals surface area contributed by atoms with Crippen LogP contribution in [0.15, 0.2) is 33.6 Å². The first-order chi connectivity index (χ1) is 10.5. The molecule has 7 heteroatoms. The number of likely N-dealkylation sites (N-methyl/N-ethyl adjacent to an activating group) is 1. The third kappa shape index (κ3) is 6.37. The molecule has 1 unspecified atom stereocenters. The van der Waals surface area contributed by atoms with Gasteiger partial charge in [-0.15, -0.1) is 11.8 Å². The van der Waals surface area contributed by atoms with Gasteiger partial charge in [-0.3, -0.25) is 9.59 Å². The molecule has 0 saturated heterocycles. The van der Waals surface area contributed by atoms with Crippen LogP contribution in [-0.2, 0) is 9.59 Å². The van der Waals surface area contributed by atoms with E-state index in [0.717, 1.165) is 9.37 Å². The van der Waals surface area contributed by atoms with E-state index in [1.807, 2.05) is 31.2 Å². The molecular formula is C15H21BrN2O3S. The maximum Gasteiger partial charge on any atom is 0.246 e. The number of thioether (sulfide) groups is 1. The molecule has 1 atom stereocenters. The van der Waals surface area contributed by atoms with E-state index >= 15 is 0 Å². The Morgan fingerprint density at radius 2 is 2.18 bits per heavy atom. The first-order valence-electron chi connectivity index (χ1n) is 7.03. The minimum Gasteiger partial charge on any atom is -0.395 e. The average molecular weight is 389 g/mol. The Morgan fingerprint density at radius 3 is 2.73 bits per heavy atom. The van der Waals surface area contributed by atoms with Gasteiger partial charge in [0.1, 0.15) is 6.04 Å². The normalized spacial score (nSPS) is 11.8. The number of amides is 2. The van der Waals surface area contributed by atoms with E-state index in [1.54, 1.807) is 4.90 Å². The van der Waals surface area contributed by atoms with Gasteiger partial charge in [-0.25, -0.2) is 0 Å². The molecule has 0 fully saturated rings. The number of hydrogen-bond donors (Lipinski definition) is 2. The van der Waals surface area contributed by atoms with Crippen molar-refractivity contribution >= 4 is 39.5 Å². The number of nitrogens with one attached hydrogen (secondary N) is 1. The lowest BCUT2D eigenvalue weighted by Crippen LogP contribution is -2.50. The lowest BCUT2D eigenvalue weighted by atomic mass is 10.2. The molecule has 0 aliphatic heterocycles. The van der Waals surface area contributed by atoms with E-state index in [-0.39, 0.29) is 25.0 Å². The molecule has 22 heavy (non-hydrogen) atoms. The van der Waals surface area contributed by atoms with Crippen molar-refractivity contribution < 1.29 is 14.7 Å². The lowest BCUT2D eigenvalue weighted by Gasteiger charge is -2.26. The second-order valence-corrected chi connectivity index (χ2v) is 6.67.